The highest BCUT2D eigenvalue weighted by atomic mass is 32.2. The van der Waals surface area contributed by atoms with Crippen LogP contribution in [-0.2, 0) is 9.53 Å². The highest BCUT2D eigenvalue weighted by molar-refractivity contribution is 7.98. The molecule has 0 aromatic heterocycles. The smallest absolute Gasteiger partial charge is 0.407 e. The zero-order valence-corrected chi connectivity index (χ0v) is 14.6. The van der Waals surface area contributed by atoms with E-state index in [0.29, 0.717) is 0 Å². The normalized spacial score (nSPS) is 12.2. The van der Waals surface area contributed by atoms with Gasteiger partial charge >= 0.3 is 6.09 Å². The van der Waals surface area contributed by atoms with Crippen LogP contribution in [0.4, 0.5) is 10.5 Å². The summed E-state index contributed by atoms with van der Waals surface area (Å²) in [6.45, 7) is 5.34. The van der Waals surface area contributed by atoms with Crippen LogP contribution in [0.15, 0.2) is 29.2 Å². The highest BCUT2D eigenvalue weighted by Gasteiger charge is 2.21. The highest BCUT2D eigenvalue weighted by Crippen LogP contribution is 2.19. The Hall–Kier alpha value is -1.93. The third-order valence-corrected chi connectivity index (χ3v) is 3.44. The van der Waals surface area contributed by atoms with Gasteiger partial charge in [-0.2, -0.15) is 0 Å². The number of anilines is 1. The maximum atomic E-state index is 11.9. The molecule has 0 saturated heterocycles. The van der Waals surface area contributed by atoms with E-state index in [1.165, 1.54) is 0 Å². The molecule has 1 atom stereocenters. The van der Waals surface area contributed by atoms with Crippen LogP contribution in [0.3, 0.4) is 0 Å². The van der Waals surface area contributed by atoms with Crippen molar-refractivity contribution in [3.8, 4) is 0 Å². The van der Waals surface area contributed by atoms with Crippen molar-refractivity contribution < 1.29 is 14.3 Å². The average molecular weight is 340 g/mol. The maximum absolute atomic E-state index is 11.9. The SMILES string of the molecule is CSc1cccc(N[C@@H](CNC(=O)OC(C)(C)C)C(=O)NN)c1. The minimum absolute atomic E-state index is 0.0431. The molecular weight excluding hydrogens is 316 g/mol. The minimum Gasteiger partial charge on any atom is -0.444 e. The van der Waals surface area contributed by atoms with E-state index in [0.717, 1.165) is 10.6 Å². The fourth-order valence-corrected chi connectivity index (χ4v) is 2.18. The van der Waals surface area contributed by atoms with E-state index in [1.807, 2.05) is 30.5 Å². The number of hydrogen-bond acceptors (Lipinski definition) is 6. The van der Waals surface area contributed by atoms with E-state index in [4.69, 9.17) is 10.6 Å². The van der Waals surface area contributed by atoms with Gasteiger partial charge in [-0.1, -0.05) is 6.07 Å². The van der Waals surface area contributed by atoms with Crippen LogP contribution in [0.25, 0.3) is 0 Å². The molecule has 0 heterocycles. The summed E-state index contributed by atoms with van der Waals surface area (Å²) in [6, 6.07) is 6.88. The van der Waals surface area contributed by atoms with Gasteiger partial charge in [0.1, 0.15) is 11.6 Å². The molecule has 2 amide bonds. The molecule has 7 nitrogen and oxygen atoms in total. The Labute approximate surface area is 140 Å². The monoisotopic (exact) mass is 340 g/mol. The van der Waals surface area contributed by atoms with Crippen molar-refractivity contribution in [2.45, 2.75) is 37.3 Å². The van der Waals surface area contributed by atoms with E-state index in [9.17, 15) is 9.59 Å². The molecule has 0 radical (unpaired) electrons. The standard InChI is InChI=1S/C15H24N4O3S/c1-15(2,3)22-14(21)17-9-12(13(20)19-16)18-10-6-5-7-11(8-10)23-4/h5-8,12,18H,9,16H2,1-4H3,(H,17,21)(H,19,20)/t12-/m0/s1. The quantitative estimate of drug-likeness (QED) is 0.272. The topological polar surface area (TPSA) is 105 Å². The first-order valence-corrected chi connectivity index (χ1v) is 8.35. The molecular formula is C15H24N4O3S. The fraction of sp³-hybridized carbons (Fsp3) is 0.467. The van der Waals surface area contributed by atoms with Crippen molar-refractivity contribution in [3.63, 3.8) is 0 Å². The lowest BCUT2D eigenvalue weighted by Gasteiger charge is -2.22. The lowest BCUT2D eigenvalue weighted by atomic mass is 10.2. The van der Waals surface area contributed by atoms with Crippen molar-refractivity contribution in [1.82, 2.24) is 10.7 Å². The van der Waals surface area contributed by atoms with Gasteiger partial charge in [0.15, 0.2) is 0 Å². The van der Waals surface area contributed by atoms with Crippen molar-refractivity contribution in [1.29, 1.82) is 0 Å². The van der Waals surface area contributed by atoms with E-state index < -0.39 is 23.6 Å². The molecule has 0 aliphatic rings. The van der Waals surface area contributed by atoms with Crippen LogP contribution in [0.5, 0.6) is 0 Å². The molecule has 0 fully saturated rings. The van der Waals surface area contributed by atoms with Gasteiger partial charge < -0.3 is 15.4 Å². The molecule has 0 bridgehead atoms. The van der Waals surface area contributed by atoms with E-state index in [1.54, 1.807) is 32.5 Å². The second-order valence-corrected chi connectivity index (χ2v) is 6.70. The summed E-state index contributed by atoms with van der Waals surface area (Å²) in [4.78, 5) is 24.6. The summed E-state index contributed by atoms with van der Waals surface area (Å²) < 4.78 is 5.14. The van der Waals surface area contributed by atoms with Crippen LogP contribution in [-0.4, -0.2) is 36.4 Å². The number of alkyl carbamates (subject to hydrolysis) is 1. The largest absolute Gasteiger partial charge is 0.444 e. The van der Waals surface area contributed by atoms with Gasteiger partial charge in [0.25, 0.3) is 5.91 Å². The number of hydrogen-bond donors (Lipinski definition) is 4. The molecule has 128 valence electrons. The number of carbonyl (C=O) groups is 2. The predicted molar refractivity (Wildman–Crippen MR) is 92.2 cm³/mol. The van der Waals surface area contributed by atoms with Crippen LogP contribution in [0, 0.1) is 0 Å². The van der Waals surface area contributed by atoms with Gasteiger partial charge in [0.2, 0.25) is 0 Å². The Morgan fingerprint density at radius 1 is 1.35 bits per heavy atom. The number of nitrogens with one attached hydrogen (secondary N) is 3. The second-order valence-electron chi connectivity index (χ2n) is 5.82. The maximum Gasteiger partial charge on any atom is 0.407 e. The number of carbonyl (C=O) groups excluding carboxylic acids is 2. The number of rotatable bonds is 6. The Morgan fingerprint density at radius 2 is 2.04 bits per heavy atom. The second kappa shape index (κ2) is 8.64. The third kappa shape index (κ3) is 7.25. The van der Waals surface area contributed by atoms with E-state index in [2.05, 4.69) is 16.1 Å². The first kappa shape index (κ1) is 19.1. The number of thioether (sulfide) groups is 1. The zero-order chi connectivity index (χ0) is 17.5. The van der Waals surface area contributed by atoms with Crippen molar-refractivity contribution in [2.75, 3.05) is 18.1 Å². The summed E-state index contributed by atoms with van der Waals surface area (Å²) in [6.07, 6.45) is 1.37. The molecule has 0 aliphatic carbocycles. The Kier molecular flexibility index (Phi) is 7.18. The van der Waals surface area contributed by atoms with Crippen LogP contribution in [0.2, 0.25) is 0 Å². The summed E-state index contributed by atoms with van der Waals surface area (Å²) in [5, 5.41) is 5.61. The van der Waals surface area contributed by atoms with Crippen LogP contribution in [0.1, 0.15) is 20.8 Å². The lowest BCUT2D eigenvalue weighted by Crippen LogP contribution is -2.49. The molecule has 1 rings (SSSR count). The number of benzene rings is 1. The Bertz CT molecular complexity index is 546. The third-order valence-electron chi connectivity index (χ3n) is 2.72. The van der Waals surface area contributed by atoms with Gasteiger partial charge in [-0.3, -0.25) is 10.2 Å². The van der Waals surface area contributed by atoms with Crippen molar-refractivity contribution in [2.24, 2.45) is 5.84 Å². The van der Waals surface area contributed by atoms with Gasteiger partial charge in [-0.25, -0.2) is 10.6 Å². The number of nitrogens with two attached hydrogens (primary N) is 1. The summed E-state index contributed by atoms with van der Waals surface area (Å²) in [5.41, 5.74) is 2.25. The molecule has 0 aliphatic heterocycles. The molecule has 0 saturated carbocycles. The molecule has 5 N–H and O–H groups in total. The Balaban J connectivity index is 2.69. The molecule has 1 aromatic carbocycles. The first-order valence-electron chi connectivity index (χ1n) is 7.13. The number of hydrazine groups is 1. The molecule has 23 heavy (non-hydrogen) atoms. The van der Waals surface area contributed by atoms with E-state index >= 15 is 0 Å². The number of ether oxygens (including phenoxy) is 1. The Morgan fingerprint density at radius 3 is 2.61 bits per heavy atom. The van der Waals surface area contributed by atoms with Crippen molar-refractivity contribution >= 4 is 29.4 Å². The molecule has 0 spiro atoms. The molecule has 1 aromatic rings. The fourth-order valence-electron chi connectivity index (χ4n) is 1.72. The average Bonchev–Trinajstić information content (AvgIpc) is 2.49. The van der Waals surface area contributed by atoms with E-state index in [-0.39, 0.29) is 6.54 Å². The predicted octanol–water partition coefficient (Wildman–Crippen LogP) is 1.70. The summed E-state index contributed by atoms with van der Waals surface area (Å²) in [7, 11) is 0. The summed E-state index contributed by atoms with van der Waals surface area (Å²) in [5.74, 6) is 4.77. The zero-order valence-electron chi connectivity index (χ0n) is 13.8. The van der Waals surface area contributed by atoms with Gasteiger partial charge in [-0.05, 0) is 45.2 Å². The van der Waals surface area contributed by atoms with Gasteiger partial charge in [0.05, 0.1) is 6.54 Å². The number of amides is 2. The molecule has 0 unspecified atom stereocenters. The summed E-state index contributed by atoms with van der Waals surface area (Å²) >= 11 is 1.59. The lowest BCUT2D eigenvalue weighted by molar-refractivity contribution is -0.121. The van der Waals surface area contributed by atoms with Crippen LogP contribution >= 0.6 is 11.8 Å². The molecule has 8 heteroatoms. The van der Waals surface area contributed by atoms with Crippen LogP contribution < -0.4 is 21.9 Å². The van der Waals surface area contributed by atoms with Gasteiger partial charge in [0, 0.05) is 10.6 Å². The first-order chi connectivity index (χ1) is 10.7. The van der Waals surface area contributed by atoms with Crippen molar-refractivity contribution in [3.05, 3.63) is 24.3 Å². The van der Waals surface area contributed by atoms with Gasteiger partial charge in [-0.15, -0.1) is 11.8 Å². The minimum atomic E-state index is -0.718.